The molecule has 3 aliphatic heterocycles. The maximum atomic E-state index is 14.3. The van der Waals surface area contributed by atoms with Gasteiger partial charge in [-0.25, -0.2) is 4.39 Å². The summed E-state index contributed by atoms with van der Waals surface area (Å²) in [4.78, 5) is 70.9. The zero-order valence-electron chi connectivity index (χ0n) is 29.8. The van der Waals surface area contributed by atoms with Crippen LogP contribution in [0.5, 0.6) is 5.75 Å². The third kappa shape index (κ3) is 9.63. The van der Waals surface area contributed by atoms with Gasteiger partial charge in [-0.1, -0.05) is 38.1 Å². The van der Waals surface area contributed by atoms with Gasteiger partial charge in [0.2, 0.25) is 23.6 Å². The van der Waals surface area contributed by atoms with E-state index < -0.39 is 35.4 Å². The quantitative estimate of drug-likeness (QED) is 0.419. The van der Waals surface area contributed by atoms with Crippen molar-refractivity contribution in [1.82, 2.24) is 25.8 Å². The highest BCUT2D eigenvalue weighted by Crippen LogP contribution is 2.35. The normalized spacial score (nSPS) is 23.7. The Bertz CT molecular complexity index is 1580. The third-order valence-electron chi connectivity index (χ3n) is 10.1. The number of fused-ring (bicyclic) bond motifs is 2. The van der Waals surface area contributed by atoms with Gasteiger partial charge in [-0.15, -0.1) is 0 Å². The number of nitrogens with one attached hydrogen (secondary N) is 3. The number of benzene rings is 2. The molecule has 13 heteroatoms. The largest absolute Gasteiger partial charge is 0.491 e. The van der Waals surface area contributed by atoms with Crippen molar-refractivity contribution in [2.24, 2.45) is 5.92 Å². The Kier molecular flexibility index (Phi) is 12.7. The Morgan fingerprint density at radius 3 is 2.55 bits per heavy atom. The molecule has 0 aromatic heterocycles. The van der Waals surface area contributed by atoms with E-state index in [-0.39, 0.29) is 73.3 Å². The van der Waals surface area contributed by atoms with Gasteiger partial charge in [-0.3, -0.25) is 24.0 Å². The Morgan fingerprint density at radius 1 is 1.04 bits per heavy atom. The van der Waals surface area contributed by atoms with E-state index in [1.807, 2.05) is 19.9 Å². The summed E-state index contributed by atoms with van der Waals surface area (Å²) in [5, 5.41) is 8.82. The van der Waals surface area contributed by atoms with Crippen molar-refractivity contribution < 1.29 is 37.8 Å². The molecule has 2 aromatic carbocycles. The van der Waals surface area contributed by atoms with E-state index >= 15 is 0 Å². The van der Waals surface area contributed by atoms with Crippen LogP contribution >= 0.6 is 0 Å². The molecule has 51 heavy (non-hydrogen) atoms. The van der Waals surface area contributed by atoms with Gasteiger partial charge in [0.05, 0.1) is 18.2 Å². The van der Waals surface area contributed by atoms with Crippen molar-refractivity contribution in [3.05, 3.63) is 65.5 Å². The Hall–Kier alpha value is -4.52. The molecular formula is C38H50FN5O7. The molecule has 3 N–H and O–H groups in total. The summed E-state index contributed by atoms with van der Waals surface area (Å²) in [7, 11) is 1.55. The van der Waals surface area contributed by atoms with Crippen LogP contribution in [-0.2, 0) is 29.3 Å². The van der Waals surface area contributed by atoms with Gasteiger partial charge in [0.1, 0.15) is 30.3 Å². The molecule has 0 unspecified atom stereocenters. The molecule has 5 amide bonds. The first-order chi connectivity index (χ1) is 24.5. The van der Waals surface area contributed by atoms with E-state index in [1.165, 1.54) is 21.9 Å². The van der Waals surface area contributed by atoms with E-state index in [9.17, 15) is 28.4 Å². The molecule has 3 aliphatic rings. The van der Waals surface area contributed by atoms with E-state index in [4.69, 9.17) is 9.47 Å². The number of hydrogen-bond acceptors (Lipinski definition) is 7. The summed E-state index contributed by atoms with van der Waals surface area (Å²) in [6.07, 6.45) is 2.67. The second kappa shape index (κ2) is 17.1. The zero-order chi connectivity index (χ0) is 36.5. The van der Waals surface area contributed by atoms with Gasteiger partial charge < -0.3 is 35.2 Å². The first-order valence-electron chi connectivity index (χ1n) is 17.9. The van der Waals surface area contributed by atoms with Crippen LogP contribution in [0.3, 0.4) is 0 Å². The summed E-state index contributed by atoms with van der Waals surface area (Å²) in [6.45, 7) is 5.38. The summed E-state index contributed by atoms with van der Waals surface area (Å²) in [6, 6.07) is 10.8. The first kappa shape index (κ1) is 37.7. The fourth-order valence-electron chi connectivity index (χ4n) is 7.29. The van der Waals surface area contributed by atoms with Crippen molar-refractivity contribution in [2.75, 3.05) is 46.5 Å². The average molecular weight is 708 g/mol. The van der Waals surface area contributed by atoms with Crippen LogP contribution in [0.1, 0.15) is 74.7 Å². The molecule has 5 rings (SSSR count). The molecule has 0 saturated carbocycles. The molecule has 0 radical (unpaired) electrons. The predicted octanol–water partition coefficient (Wildman–Crippen LogP) is 2.94. The number of likely N-dealkylation sites (N-methyl/N-ethyl adjacent to an activating group) is 1. The number of hydrogen-bond donors (Lipinski definition) is 3. The SMILES string of the molecule is CC(C)C[C@H]1COc2ccccc2C(=O)N[C@H](C(=O)NCC2(c3cccc(F)c3)CCOCC2)CCC(=O)N2CCC[C@@H]2C(=O)N(C)CC(=O)N1. The molecule has 0 spiro atoms. The van der Waals surface area contributed by atoms with Crippen LogP contribution in [0.25, 0.3) is 0 Å². The highest BCUT2D eigenvalue weighted by Gasteiger charge is 2.38. The van der Waals surface area contributed by atoms with Crippen LogP contribution in [0, 0.1) is 11.7 Å². The van der Waals surface area contributed by atoms with Gasteiger partial charge in [-0.05, 0) is 74.3 Å². The number of amides is 5. The molecule has 3 heterocycles. The topological polar surface area (TPSA) is 146 Å². The Balaban J connectivity index is 1.42. The van der Waals surface area contributed by atoms with Crippen molar-refractivity contribution in [3.63, 3.8) is 0 Å². The lowest BCUT2D eigenvalue weighted by atomic mass is 9.74. The fraction of sp³-hybridized carbons (Fsp3) is 0.553. The predicted molar refractivity (Wildman–Crippen MR) is 187 cm³/mol. The lowest BCUT2D eigenvalue weighted by Crippen LogP contribution is -2.52. The molecule has 276 valence electrons. The number of rotatable bonds is 6. The van der Waals surface area contributed by atoms with Crippen molar-refractivity contribution in [3.8, 4) is 5.75 Å². The number of carbonyl (C=O) groups excluding carboxylic acids is 5. The van der Waals surface area contributed by atoms with Crippen LogP contribution < -0.4 is 20.7 Å². The van der Waals surface area contributed by atoms with Gasteiger partial charge >= 0.3 is 0 Å². The maximum Gasteiger partial charge on any atom is 0.255 e. The van der Waals surface area contributed by atoms with Crippen LogP contribution in [0.2, 0.25) is 0 Å². The summed E-state index contributed by atoms with van der Waals surface area (Å²) in [5.74, 6) is -1.94. The molecule has 2 fully saturated rings. The number of ether oxygens (including phenoxy) is 2. The minimum atomic E-state index is -1.11. The smallest absolute Gasteiger partial charge is 0.255 e. The minimum Gasteiger partial charge on any atom is -0.491 e. The summed E-state index contributed by atoms with van der Waals surface area (Å²) < 4.78 is 26.0. The lowest BCUT2D eigenvalue weighted by molar-refractivity contribution is -0.144. The summed E-state index contributed by atoms with van der Waals surface area (Å²) in [5.41, 5.74) is 0.369. The van der Waals surface area contributed by atoms with E-state index in [0.29, 0.717) is 51.9 Å². The maximum absolute atomic E-state index is 14.3. The molecule has 2 aromatic rings. The van der Waals surface area contributed by atoms with Crippen LogP contribution in [0.4, 0.5) is 4.39 Å². The molecule has 2 saturated heterocycles. The number of para-hydroxylation sites is 1. The standard InChI is InChI=1S/C38H50FN5O7/c1-25(2)20-28-23-51-32-12-5-4-10-29(32)35(47)42-30(13-14-34(46)44-17-7-11-31(44)37(49)43(3)22-33(45)41-28)36(48)40-24-38(15-18-50-19-16-38)26-8-6-9-27(39)21-26/h4-6,8-10,12,21,25,28,30-31H,7,11,13-20,22-24H2,1-3H3,(H,40,48)(H,41,45)(H,42,47)/t28-,30-,31+/m0/s1. The van der Waals surface area contributed by atoms with Gasteiger partial charge in [0.15, 0.2) is 0 Å². The molecule has 0 bridgehead atoms. The molecule has 0 aliphatic carbocycles. The molecule has 12 nitrogen and oxygen atoms in total. The Morgan fingerprint density at radius 2 is 1.80 bits per heavy atom. The second-order valence-electron chi connectivity index (χ2n) is 14.3. The Labute approximate surface area is 298 Å². The number of nitrogens with zero attached hydrogens (tertiary/aromatic N) is 2. The first-order valence-corrected chi connectivity index (χ1v) is 17.9. The van der Waals surface area contributed by atoms with Crippen molar-refractivity contribution in [2.45, 2.75) is 82.3 Å². The van der Waals surface area contributed by atoms with Crippen LogP contribution in [0.15, 0.2) is 48.5 Å². The zero-order valence-corrected chi connectivity index (χ0v) is 29.8. The summed E-state index contributed by atoms with van der Waals surface area (Å²) >= 11 is 0. The highest BCUT2D eigenvalue weighted by molar-refractivity contribution is 6.00. The van der Waals surface area contributed by atoms with Gasteiger partial charge in [0, 0.05) is 45.2 Å². The van der Waals surface area contributed by atoms with Crippen molar-refractivity contribution >= 4 is 29.5 Å². The fourth-order valence-corrected chi connectivity index (χ4v) is 7.29. The highest BCUT2D eigenvalue weighted by atomic mass is 19.1. The molecule has 3 atom stereocenters. The van der Waals surface area contributed by atoms with Crippen LogP contribution in [-0.4, -0.2) is 104 Å². The van der Waals surface area contributed by atoms with Gasteiger partial charge in [-0.2, -0.15) is 0 Å². The number of carbonyl (C=O) groups is 5. The van der Waals surface area contributed by atoms with E-state index in [2.05, 4.69) is 16.0 Å². The minimum absolute atomic E-state index is 0.0262. The van der Waals surface area contributed by atoms with Crippen molar-refractivity contribution in [1.29, 1.82) is 0 Å². The average Bonchev–Trinajstić information content (AvgIpc) is 3.61. The third-order valence-corrected chi connectivity index (χ3v) is 10.1. The van der Waals surface area contributed by atoms with E-state index in [1.54, 1.807) is 37.4 Å². The molecular weight excluding hydrogens is 657 g/mol. The monoisotopic (exact) mass is 707 g/mol. The van der Waals surface area contributed by atoms with E-state index in [0.717, 1.165) is 5.56 Å². The number of halogens is 1. The second-order valence-corrected chi connectivity index (χ2v) is 14.3. The van der Waals surface area contributed by atoms with Gasteiger partial charge in [0.25, 0.3) is 5.91 Å². The lowest BCUT2D eigenvalue weighted by Gasteiger charge is -2.38.